The second kappa shape index (κ2) is 7.27. The molecular weight excluding hydrogens is 345 g/mol. The van der Waals surface area contributed by atoms with Crippen LogP contribution in [0, 0.1) is 5.92 Å². The fraction of sp³-hybridized carbons (Fsp3) is 0.316. The van der Waals surface area contributed by atoms with Gasteiger partial charge >= 0.3 is 6.18 Å². The van der Waals surface area contributed by atoms with Crippen LogP contribution in [0.5, 0.6) is 0 Å². The molecule has 26 heavy (non-hydrogen) atoms. The number of rotatable bonds is 3. The Morgan fingerprint density at radius 3 is 2.15 bits per heavy atom. The van der Waals surface area contributed by atoms with Gasteiger partial charge in [-0.3, -0.25) is 14.6 Å². The number of likely N-dealkylation sites (tertiary alicyclic amines) is 1. The molecule has 1 aromatic heterocycles. The molecule has 0 saturated carbocycles. The van der Waals surface area contributed by atoms with E-state index in [1.807, 2.05) is 18.2 Å². The van der Waals surface area contributed by atoms with Gasteiger partial charge in [0, 0.05) is 30.8 Å². The zero-order valence-electron chi connectivity index (χ0n) is 13.9. The third-order valence-corrected chi connectivity index (χ3v) is 4.51. The van der Waals surface area contributed by atoms with Crippen molar-refractivity contribution in [3.8, 4) is 0 Å². The van der Waals surface area contributed by atoms with E-state index in [0.29, 0.717) is 31.5 Å². The number of hydrogen-bond acceptors (Lipinski definition) is 3. The number of halogens is 3. The number of carbonyl (C=O) groups is 2. The van der Waals surface area contributed by atoms with E-state index in [1.165, 1.54) is 0 Å². The van der Waals surface area contributed by atoms with Gasteiger partial charge < -0.3 is 4.90 Å². The van der Waals surface area contributed by atoms with Gasteiger partial charge in [-0.2, -0.15) is 13.2 Å². The highest BCUT2D eigenvalue weighted by atomic mass is 19.4. The quantitative estimate of drug-likeness (QED) is 0.780. The molecule has 1 aromatic carbocycles. The summed E-state index contributed by atoms with van der Waals surface area (Å²) in [7, 11) is 0. The molecule has 0 atom stereocenters. The maximum Gasteiger partial charge on any atom is 0.433 e. The number of benzene rings is 1. The Morgan fingerprint density at radius 2 is 1.62 bits per heavy atom. The number of Topliss-reactive ketones (excluding diaryl/α,β-unsaturated/α-hetero) is 1. The monoisotopic (exact) mass is 362 g/mol. The average molecular weight is 362 g/mol. The minimum absolute atomic E-state index is 0.0638. The topological polar surface area (TPSA) is 50.3 Å². The summed E-state index contributed by atoms with van der Waals surface area (Å²) in [6.45, 7) is 0.784. The summed E-state index contributed by atoms with van der Waals surface area (Å²) >= 11 is 0. The molecule has 2 aromatic rings. The Balaban J connectivity index is 1.61. The average Bonchev–Trinajstić information content (AvgIpc) is 2.67. The molecule has 0 radical (unpaired) electrons. The number of piperidine rings is 1. The first-order chi connectivity index (χ1) is 12.4. The van der Waals surface area contributed by atoms with E-state index >= 15 is 0 Å². The molecule has 1 aliphatic heterocycles. The highest BCUT2D eigenvalue weighted by molar-refractivity contribution is 5.98. The Labute approximate surface area is 148 Å². The molecule has 1 amide bonds. The van der Waals surface area contributed by atoms with Gasteiger partial charge in [-0.1, -0.05) is 30.3 Å². The largest absolute Gasteiger partial charge is 0.433 e. The summed E-state index contributed by atoms with van der Waals surface area (Å²) in [6.07, 6.45) is -2.51. The number of amides is 1. The smallest absolute Gasteiger partial charge is 0.339 e. The third-order valence-electron chi connectivity index (χ3n) is 4.51. The maximum absolute atomic E-state index is 12.5. The Morgan fingerprint density at radius 1 is 0.962 bits per heavy atom. The van der Waals surface area contributed by atoms with Crippen LogP contribution in [0.1, 0.15) is 39.3 Å². The van der Waals surface area contributed by atoms with E-state index in [-0.39, 0.29) is 23.2 Å². The molecule has 0 aliphatic carbocycles. The van der Waals surface area contributed by atoms with Crippen LogP contribution in [-0.4, -0.2) is 34.7 Å². The van der Waals surface area contributed by atoms with Crippen LogP contribution >= 0.6 is 0 Å². The minimum atomic E-state index is -4.53. The Kier molecular flexibility index (Phi) is 5.06. The van der Waals surface area contributed by atoms with Crippen LogP contribution in [0.15, 0.2) is 48.7 Å². The van der Waals surface area contributed by atoms with Crippen LogP contribution in [0.3, 0.4) is 0 Å². The van der Waals surface area contributed by atoms with Crippen molar-refractivity contribution >= 4 is 11.7 Å². The van der Waals surface area contributed by atoms with Crippen molar-refractivity contribution in [3.05, 3.63) is 65.5 Å². The molecule has 1 aliphatic rings. The highest BCUT2D eigenvalue weighted by Crippen LogP contribution is 2.28. The van der Waals surface area contributed by atoms with Gasteiger partial charge in [-0.25, -0.2) is 0 Å². The van der Waals surface area contributed by atoms with Gasteiger partial charge in [0.05, 0.1) is 5.56 Å². The van der Waals surface area contributed by atoms with E-state index in [9.17, 15) is 22.8 Å². The SMILES string of the molecule is O=C(c1ccccc1)C1CCN(C(=O)c2ccc(C(F)(F)F)nc2)CC1. The summed E-state index contributed by atoms with van der Waals surface area (Å²) in [5.41, 5.74) is -0.253. The lowest BCUT2D eigenvalue weighted by Crippen LogP contribution is -2.40. The molecule has 0 bridgehead atoms. The van der Waals surface area contributed by atoms with E-state index in [1.54, 1.807) is 17.0 Å². The standard InChI is InChI=1S/C19H17F3N2O2/c20-19(21,22)16-7-6-15(12-23-16)18(26)24-10-8-14(9-11-24)17(25)13-4-2-1-3-5-13/h1-7,12,14H,8-11H2. The van der Waals surface area contributed by atoms with Crippen LogP contribution < -0.4 is 0 Å². The van der Waals surface area contributed by atoms with Gasteiger partial charge in [0.2, 0.25) is 0 Å². The summed E-state index contributed by atoms with van der Waals surface area (Å²) < 4.78 is 37.6. The number of alkyl halides is 3. The number of pyridine rings is 1. The molecule has 1 fully saturated rings. The summed E-state index contributed by atoms with van der Waals surface area (Å²) in [5.74, 6) is -0.446. The lowest BCUT2D eigenvalue weighted by Gasteiger charge is -2.31. The molecule has 7 heteroatoms. The van der Waals surface area contributed by atoms with Crippen LogP contribution in [0.25, 0.3) is 0 Å². The van der Waals surface area contributed by atoms with E-state index < -0.39 is 11.9 Å². The zero-order valence-corrected chi connectivity index (χ0v) is 13.9. The fourth-order valence-electron chi connectivity index (χ4n) is 3.05. The lowest BCUT2D eigenvalue weighted by molar-refractivity contribution is -0.141. The second-order valence-electron chi connectivity index (χ2n) is 6.23. The van der Waals surface area contributed by atoms with Crippen molar-refractivity contribution in [3.63, 3.8) is 0 Å². The number of hydrogen-bond donors (Lipinski definition) is 0. The van der Waals surface area contributed by atoms with Gasteiger partial charge in [0.15, 0.2) is 5.78 Å². The number of nitrogens with zero attached hydrogens (tertiary/aromatic N) is 2. The first-order valence-corrected chi connectivity index (χ1v) is 8.28. The molecule has 0 spiro atoms. The van der Waals surface area contributed by atoms with Crippen LogP contribution in [0.2, 0.25) is 0 Å². The van der Waals surface area contributed by atoms with Crippen LogP contribution in [0.4, 0.5) is 13.2 Å². The van der Waals surface area contributed by atoms with Crippen molar-refractivity contribution in [2.75, 3.05) is 13.1 Å². The first kappa shape index (κ1) is 18.1. The molecule has 3 rings (SSSR count). The Bertz CT molecular complexity index is 781. The van der Waals surface area contributed by atoms with Gasteiger partial charge in [-0.05, 0) is 25.0 Å². The molecular formula is C19H17F3N2O2. The highest BCUT2D eigenvalue weighted by Gasteiger charge is 2.33. The molecule has 4 nitrogen and oxygen atoms in total. The fourth-order valence-corrected chi connectivity index (χ4v) is 3.05. The number of carbonyl (C=O) groups excluding carboxylic acids is 2. The van der Waals surface area contributed by atoms with E-state index in [0.717, 1.165) is 18.3 Å². The van der Waals surface area contributed by atoms with Gasteiger partial charge in [0.1, 0.15) is 5.69 Å². The summed E-state index contributed by atoms with van der Waals surface area (Å²) in [4.78, 5) is 29.8. The van der Waals surface area contributed by atoms with Crippen molar-refractivity contribution in [2.45, 2.75) is 19.0 Å². The summed E-state index contributed by atoms with van der Waals surface area (Å²) in [5, 5.41) is 0. The van der Waals surface area contributed by atoms with Crippen molar-refractivity contribution in [1.29, 1.82) is 0 Å². The third kappa shape index (κ3) is 3.92. The maximum atomic E-state index is 12.5. The predicted molar refractivity (Wildman–Crippen MR) is 88.6 cm³/mol. The summed E-state index contributed by atoms with van der Waals surface area (Å²) in [6, 6.07) is 10.9. The second-order valence-corrected chi connectivity index (χ2v) is 6.23. The van der Waals surface area contributed by atoms with E-state index in [2.05, 4.69) is 4.98 Å². The van der Waals surface area contributed by atoms with Crippen LogP contribution in [-0.2, 0) is 6.18 Å². The number of aromatic nitrogens is 1. The minimum Gasteiger partial charge on any atom is -0.339 e. The molecule has 1 saturated heterocycles. The van der Waals surface area contributed by atoms with E-state index in [4.69, 9.17) is 0 Å². The predicted octanol–water partition coefficient (Wildman–Crippen LogP) is 3.84. The van der Waals surface area contributed by atoms with Gasteiger partial charge in [0.25, 0.3) is 5.91 Å². The zero-order chi connectivity index (χ0) is 18.7. The molecule has 2 heterocycles. The Hall–Kier alpha value is -2.70. The van der Waals surface area contributed by atoms with Crippen molar-refractivity contribution in [1.82, 2.24) is 9.88 Å². The molecule has 136 valence electrons. The lowest BCUT2D eigenvalue weighted by atomic mass is 9.88. The molecule has 0 unspecified atom stereocenters. The molecule has 0 N–H and O–H groups in total. The van der Waals surface area contributed by atoms with Crippen molar-refractivity contribution < 1.29 is 22.8 Å². The number of ketones is 1. The van der Waals surface area contributed by atoms with Crippen molar-refractivity contribution in [2.24, 2.45) is 5.92 Å². The first-order valence-electron chi connectivity index (χ1n) is 8.28. The van der Waals surface area contributed by atoms with Gasteiger partial charge in [-0.15, -0.1) is 0 Å². The normalized spacial score (nSPS) is 15.7.